The average molecular weight is 382 g/mol. The van der Waals surface area contributed by atoms with E-state index in [0.717, 1.165) is 18.5 Å². The molecule has 0 radical (unpaired) electrons. The first-order chi connectivity index (χ1) is 11.9. The quantitative estimate of drug-likeness (QED) is 0.881. The number of aromatic nitrogens is 2. The van der Waals surface area contributed by atoms with E-state index in [4.69, 9.17) is 23.2 Å². The fraction of sp³-hybridized carbons (Fsp3) is 0.353. The van der Waals surface area contributed by atoms with Gasteiger partial charge in [-0.3, -0.25) is 4.79 Å². The lowest BCUT2D eigenvalue weighted by molar-refractivity contribution is -0.143. The number of hydrogen-bond acceptors (Lipinski definition) is 3. The molecule has 8 heteroatoms. The van der Waals surface area contributed by atoms with E-state index in [1.54, 1.807) is 35.9 Å². The van der Waals surface area contributed by atoms with Crippen LogP contribution >= 0.6 is 23.2 Å². The summed E-state index contributed by atoms with van der Waals surface area (Å²) in [4.78, 5) is 25.6. The molecule has 1 aromatic carbocycles. The maximum atomic E-state index is 12.8. The minimum atomic E-state index is -0.982. The molecule has 2 aromatic rings. The summed E-state index contributed by atoms with van der Waals surface area (Å²) >= 11 is 12.1. The molecule has 3 rings (SSSR count). The van der Waals surface area contributed by atoms with E-state index in [-0.39, 0.29) is 11.6 Å². The number of carbonyl (C=O) groups excluding carboxylic acids is 1. The molecule has 0 bridgehead atoms. The van der Waals surface area contributed by atoms with E-state index in [1.807, 2.05) is 0 Å². The number of carboxylic acid groups (broad SMARTS) is 1. The van der Waals surface area contributed by atoms with Gasteiger partial charge >= 0.3 is 5.97 Å². The van der Waals surface area contributed by atoms with E-state index in [9.17, 15) is 14.7 Å². The Morgan fingerprint density at radius 1 is 1.24 bits per heavy atom. The number of benzene rings is 1. The first kappa shape index (κ1) is 17.8. The number of aliphatic carboxylic acids is 1. The lowest BCUT2D eigenvalue weighted by atomic mass is 10.0. The lowest BCUT2D eigenvalue weighted by Gasteiger charge is -2.32. The van der Waals surface area contributed by atoms with Gasteiger partial charge in [0.05, 0.1) is 10.7 Å². The number of carboxylic acids is 1. The fourth-order valence-corrected chi connectivity index (χ4v) is 3.54. The summed E-state index contributed by atoms with van der Waals surface area (Å²) < 4.78 is 1.56. The van der Waals surface area contributed by atoms with Crippen molar-refractivity contribution < 1.29 is 14.7 Å². The van der Waals surface area contributed by atoms with Gasteiger partial charge < -0.3 is 10.0 Å². The predicted octanol–water partition coefficient (Wildman–Crippen LogP) is 3.57. The van der Waals surface area contributed by atoms with Crippen LogP contribution in [0.5, 0.6) is 0 Å². The monoisotopic (exact) mass is 381 g/mol. The molecular weight excluding hydrogens is 365 g/mol. The van der Waals surface area contributed by atoms with E-state index < -0.39 is 12.0 Å². The molecule has 0 spiro atoms. The molecule has 1 aliphatic rings. The summed E-state index contributed by atoms with van der Waals surface area (Å²) in [6.07, 6.45) is 2.05. The molecule has 1 unspecified atom stereocenters. The van der Waals surface area contributed by atoms with Gasteiger partial charge in [0.25, 0.3) is 5.91 Å². The number of amides is 1. The van der Waals surface area contributed by atoms with Crippen molar-refractivity contribution in [3.8, 4) is 5.69 Å². The molecule has 6 nitrogen and oxygen atoms in total. The minimum Gasteiger partial charge on any atom is -0.480 e. The van der Waals surface area contributed by atoms with Crippen molar-refractivity contribution in [3.05, 3.63) is 45.7 Å². The Labute approximate surface area is 154 Å². The van der Waals surface area contributed by atoms with Gasteiger partial charge in [0.15, 0.2) is 5.69 Å². The second-order valence-electron chi connectivity index (χ2n) is 6.03. The standard InChI is InChI=1S/C17H17Cl2N3O3/c1-10-8-13(16(23)21-7-3-2-4-15(21)17(24)25)20-22(10)14-6-5-11(18)9-12(14)19/h5-6,8-9,15H,2-4,7H2,1H3,(H,24,25). The van der Waals surface area contributed by atoms with Crippen LogP contribution in [0.1, 0.15) is 35.4 Å². The van der Waals surface area contributed by atoms with Crippen molar-refractivity contribution in [2.24, 2.45) is 0 Å². The summed E-state index contributed by atoms with van der Waals surface area (Å²) in [5, 5.41) is 14.6. The van der Waals surface area contributed by atoms with Crippen molar-refractivity contribution >= 4 is 35.1 Å². The average Bonchev–Trinajstić information content (AvgIpc) is 2.96. The molecule has 1 amide bonds. The topological polar surface area (TPSA) is 75.4 Å². The second-order valence-corrected chi connectivity index (χ2v) is 6.87. The third kappa shape index (κ3) is 3.50. The molecule has 1 N–H and O–H groups in total. The van der Waals surface area contributed by atoms with Crippen molar-refractivity contribution in [1.82, 2.24) is 14.7 Å². The van der Waals surface area contributed by atoms with Gasteiger partial charge in [0, 0.05) is 17.3 Å². The highest BCUT2D eigenvalue weighted by molar-refractivity contribution is 6.35. The Hall–Kier alpha value is -2.05. The van der Waals surface area contributed by atoms with Gasteiger partial charge in [-0.05, 0) is 50.5 Å². The van der Waals surface area contributed by atoms with Gasteiger partial charge in [-0.2, -0.15) is 5.10 Å². The molecule has 1 fully saturated rings. The van der Waals surface area contributed by atoms with Gasteiger partial charge in [-0.1, -0.05) is 23.2 Å². The highest BCUT2D eigenvalue weighted by Crippen LogP contribution is 2.26. The van der Waals surface area contributed by atoms with Crippen LogP contribution in [0, 0.1) is 6.92 Å². The normalized spacial score (nSPS) is 17.6. The van der Waals surface area contributed by atoms with E-state index >= 15 is 0 Å². The molecule has 0 aliphatic carbocycles. The molecule has 25 heavy (non-hydrogen) atoms. The predicted molar refractivity (Wildman–Crippen MR) is 94.6 cm³/mol. The smallest absolute Gasteiger partial charge is 0.326 e. The summed E-state index contributed by atoms with van der Waals surface area (Å²) in [6, 6.07) is 5.86. The number of piperidine rings is 1. The Bertz CT molecular complexity index is 835. The molecule has 2 heterocycles. The number of carbonyl (C=O) groups is 2. The van der Waals surface area contributed by atoms with Crippen molar-refractivity contribution in [3.63, 3.8) is 0 Å². The third-order valence-electron chi connectivity index (χ3n) is 4.29. The first-order valence-electron chi connectivity index (χ1n) is 7.94. The third-order valence-corrected chi connectivity index (χ3v) is 4.83. The first-order valence-corrected chi connectivity index (χ1v) is 8.70. The second kappa shape index (κ2) is 7.06. The zero-order valence-corrected chi connectivity index (χ0v) is 15.1. The number of aryl methyl sites for hydroxylation is 1. The van der Waals surface area contributed by atoms with Gasteiger partial charge in [-0.15, -0.1) is 0 Å². The Balaban J connectivity index is 1.93. The van der Waals surface area contributed by atoms with E-state index in [0.29, 0.717) is 28.7 Å². The Kier molecular flexibility index (Phi) is 5.01. The zero-order chi connectivity index (χ0) is 18.1. The number of likely N-dealkylation sites (tertiary alicyclic amines) is 1. The maximum Gasteiger partial charge on any atom is 0.326 e. The minimum absolute atomic E-state index is 0.205. The molecule has 1 saturated heterocycles. The molecule has 132 valence electrons. The van der Waals surface area contributed by atoms with Crippen LogP contribution < -0.4 is 0 Å². The van der Waals surface area contributed by atoms with E-state index in [1.165, 1.54) is 4.90 Å². The zero-order valence-electron chi connectivity index (χ0n) is 13.6. The molecule has 1 aromatic heterocycles. The van der Waals surface area contributed by atoms with Crippen LogP contribution in [-0.2, 0) is 4.79 Å². The van der Waals surface area contributed by atoms with Gasteiger partial charge in [-0.25, -0.2) is 9.48 Å². The molecular formula is C17H17Cl2N3O3. The van der Waals surface area contributed by atoms with Crippen LogP contribution in [0.3, 0.4) is 0 Å². The number of rotatable bonds is 3. The summed E-state index contributed by atoms with van der Waals surface area (Å²) in [5.74, 6) is -1.36. The molecule has 1 atom stereocenters. The SMILES string of the molecule is Cc1cc(C(=O)N2CCCCC2C(=O)O)nn1-c1ccc(Cl)cc1Cl. The summed E-state index contributed by atoms with van der Waals surface area (Å²) in [6.45, 7) is 2.23. The van der Waals surface area contributed by atoms with Gasteiger partial charge in [0.1, 0.15) is 6.04 Å². The van der Waals surface area contributed by atoms with Crippen LogP contribution in [0.2, 0.25) is 10.0 Å². The number of nitrogens with zero attached hydrogens (tertiary/aromatic N) is 3. The van der Waals surface area contributed by atoms with Crippen LogP contribution in [0.4, 0.5) is 0 Å². The molecule has 1 aliphatic heterocycles. The van der Waals surface area contributed by atoms with Crippen LogP contribution in [0.25, 0.3) is 5.69 Å². The highest BCUT2D eigenvalue weighted by Gasteiger charge is 2.33. The van der Waals surface area contributed by atoms with Crippen molar-refractivity contribution in [2.75, 3.05) is 6.54 Å². The highest BCUT2D eigenvalue weighted by atomic mass is 35.5. The van der Waals surface area contributed by atoms with E-state index in [2.05, 4.69) is 5.10 Å². The Morgan fingerprint density at radius 3 is 2.68 bits per heavy atom. The van der Waals surface area contributed by atoms with Crippen LogP contribution in [0.15, 0.2) is 24.3 Å². The lowest BCUT2D eigenvalue weighted by Crippen LogP contribution is -2.48. The van der Waals surface area contributed by atoms with Crippen molar-refractivity contribution in [1.29, 1.82) is 0 Å². The fourth-order valence-electron chi connectivity index (χ4n) is 3.05. The van der Waals surface area contributed by atoms with Crippen molar-refractivity contribution in [2.45, 2.75) is 32.2 Å². The number of halogens is 2. The maximum absolute atomic E-state index is 12.8. The van der Waals surface area contributed by atoms with Gasteiger partial charge in [0.2, 0.25) is 0 Å². The summed E-state index contributed by atoms with van der Waals surface area (Å²) in [5.41, 5.74) is 1.53. The summed E-state index contributed by atoms with van der Waals surface area (Å²) in [7, 11) is 0. The Morgan fingerprint density at radius 2 is 2.00 bits per heavy atom. The largest absolute Gasteiger partial charge is 0.480 e. The molecule has 0 saturated carbocycles. The number of hydrogen-bond donors (Lipinski definition) is 1. The van der Waals surface area contributed by atoms with Crippen LogP contribution in [-0.4, -0.2) is 44.3 Å².